The van der Waals surface area contributed by atoms with Crippen LogP contribution < -0.4 is 0 Å². The Morgan fingerprint density at radius 1 is 1.33 bits per heavy atom. The number of aryl methyl sites for hydroxylation is 1. The molecule has 1 aromatic heterocycles. The first kappa shape index (κ1) is 13.9. The number of aromatic nitrogens is 2. The van der Waals surface area contributed by atoms with Gasteiger partial charge in [0.15, 0.2) is 0 Å². The molecule has 0 amide bonds. The fourth-order valence-electron chi connectivity index (χ4n) is 2.25. The molecule has 98 valence electrons. The van der Waals surface area contributed by atoms with E-state index in [9.17, 15) is 0 Å². The van der Waals surface area contributed by atoms with Gasteiger partial charge in [0.2, 0.25) is 0 Å². The first-order valence-corrected chi connectivity index (χ1v) is 7.68. The molecule has 0 aliphatic rings. The molecule has 0 radical (unpaired) electrons. The molecule has 0 saturated heterocycles. The number of halogens is 2. The Kier molecular flexibility index (Phi) is 4.68. The van der Waals surface area contributed by atoms with Crippen molar-refractivity contribution in [2.24, 2.45) is 0 Å². The van der Waals surface area contributed by atoms with Gasteiger partial charge in [0, 0.05) is 22.8 Å². The average Bonchev–Trinajstić information content (AvgIpc) is 2.66. The average molecular weight is 330 g/mol. The van der Waals surface area contributed by atoms with E-state index in [4.69, 9.17) is 16.6 Å². The lowest BCUT2D eigenvalue weighted by Gasteiger charge is -2.12. The van der Waals surface area contributed by atoms with E-state index < -0.39 is 0 Å². The minimum Gasteiger partial charge on any atom is -0.325 e. The largest absolute Gasteiger partial charge is 0.325 e. The second kappa shape index (κ2) is 6.07. The number of alkyl halides is 1. The van der Waals surface area contributed by atoms with Crippen molar-refractivity contribution in [3.05, 3.63) is 28.5 Å². The van der Waals surface area contributed by atoms with Gasteiger partial charge in [-0.2, -0.15) is 0 Å². The van der Waals surface area contributed by atoms with Crippen LogP contribution in [0.3, 0.4) is 0 Å². The zero-order valence-corrected chi connectivity index (χ0v) is 13.1. The number of nitrogens with zero attached hydrogens (tertiary/aromatic N) is 2. The molecule has 0 bridgehead atoms. The molecule has 0 fully saturated rings. The van der Waals surface area contributed by atoms with E-state index in [0.29, 0.717) is 6.04 Å². The Hall–Kier alpha value is -0.540. The van der Waals surface area contributed by atoms with Crippen molar-refractivity contribution in [3.8, 4) is 0 Å². The maximum atomic E-state index is 5.74. The Morgan fingerprint density at radius 2 is 2.11 bits per heavy atom. The summed E-state index contributed by atoms with van der Waals surface area (Å²) in [6.45, 7) is 4.41. The third-order valence-electron chi connectivity index (χ3n) is 3.02. The number of imidazole rings is 1. The van der Waals surface area contributed by atoms with Crippen molar-refractivity contribution < 1.29 is 0 Å². The third kappa shape index (κ3) is 2.89. The lowest BCUT2D eigenvalue weighted by molar-refractivity contribution is 0.574. The summed E-state index contributed by atoms with van der Waals surface area (Å²) in [5, 5.41) is 0. The van der Waals surface area contributed by atoms with Gasteiger partial charge < -0.3 is 4.57 Å². The van der Waals surface area contributed by atoms with Crippen LogP contribution >= 0.6 is 27.5 Å². The van der Waals surface area contributed by atoms with Crippen LogP contribution in [0.5, 0.6) is 0 Å². The fraction of sp³-hybridized carbons (Fsp3) is 0.500. The van der Waals surface area contributed by atoms with Crippen molar-refractivity contribution in [1.82, 2.24) is 9.55 Å². The molecular weight excluding hydrogens is 312 g/mol. The highest BCUT2D eigenvalue weighted by atomic mass is 79.9. The number of unbranched alkanes of at least 4 members (excludes halogenated alkanes) is 1. The van der Waals surface area contributed by atoms with Crippen LogP contribution in [0.1, 0.15) is 38.6 Å². The summed E-state index contributed by atoms with van der Waals surface area (Å²) in [7, 11) is 0. The van der Waals surface area contributed by atoms with Gasteiger partial charge in [-0.15, -0.1) is 11.6 Å². The molecule has 0 unspecified atom stereocenters. The predicted molar refractivity (Wildman–Crippen MR) is 81.5 cm³/mol. The Bertz CT molecular complexity index is 534. The third-order valence-corrected chi connectivity index (χ3v) is 3.79. The number of rotatable bonds is 5. The zero-order valence-electron chi connectivity index (χ0n) is 10.8. The van der Waals surface area contributed by atoms with Gasteiger partial charge in [0.1, 0.15) is 5.82 Å². The van der Waals surface area contributed by atoms with Crippen molar-refractivity contribution in [1.29, 1.82) is 0 Å². The Labute approximate surface area is 121 Å². The highest BCUT2D eigenvalue weighted by Gasteiger charge is 2.12. The first-order chi connectivity index (χ1) is 8.63. The second-order valence-electron chi connectivity index (χ2n) is 4.77. The summed E-state index contributed by atoms with van der Waals surface area (Å²) < 4.78 is 3.41. The highest BCUT2D eigenvalue weighted by molar-refractivity contribution is 9.10. The van der Waals surface area contributed by atoms with Gasteiger partial charge in [-0.05, 0) is 44.9 Å². The van der Waals surface area contributed by atoms with E-state index in [-0.39, 0.29) is 0 Å². The number of fused-ring (bicyclic) bond motifs is 1. The maximum absolute atomic E-state index is 5.74. The van der Waals surface area contributed by atoms with Crippen LogP contribution in [-0.4, -0.2) is 15.4 Å². The van der Waals surface area contributed by atoms with Crippen LogP contribution in [0.2, 0.25) is 0 Å². The predicted octanol–water partition coefficient (Wildman–Crippen LogP) is 4.94. The van der Waals surface area contributed by atoms with Crippen LogP contribution in [0, 0.1) is 0 Å². The van der Waals surface area contributed by atoms with E-state index in [0.717, 1.165) is 35.1 Å². The van der Waals surface area contributed by atoms with E-state index in [1.807, 2.05) is 0 Å². The van der Waals surface area contributed by atoms with Crippen LogP contribution in [0.15, 0.2) is 22.7 Å². The summed E-state index contributed by atoms with van der Waals surface area (Å²) in [6, 6.07) is 6.73. The summed E-state index contributed by atoms with van der Waals surface area (Å²) >= 11 is 9.24. The SMILES string of the molecule is CC(C)n1c(CCCCCl)nc2cc(Br)ccc21. The van der Waals surface area contributed by atoms with Crippen LogP contribution in [0.25, 0.3) is 11.0 Å². The molecule has 0 aliphatic heterocycles. The highest BCUT2D eigenvalue weighted by Crippen LogP contribution is 2.25. The van der Waals surface area contributed by atoms with Crippen LogP contribution in [0.4, 0.5) is 0 Å². The monoisotopic (exact) mass is 328 g/mol. The first-order valence-electron chi connectivity index (χ1n) is 6.36. The number of benzene rings is 1. The molecule has 0 spiro atoms. The molecule has 0 N–H and O–H groups in total. The number of hydrogen-bond acceptors (Lipinski definition) is 1. The lowest BCUT2D eigenvalue weighted by Crippen LogP contribution is -2.06. The molecule has 4 heteroatoms. The molecule has 0 saturated carbocycles. The van der Waals surface area contributed by atoms with Gasteiger partial charge >= 0.3 is 0 Å². The lowest BCUT2D eigenvalue weighted by atomic mass is 10.2. The molecule has 2 rings (SSSR count). The smallest absolute Gasteiger partial charge is 0.110 e. The standard InChI is InChI=1S/C14H18BrClN2/c1-10(2)18-13-7-6-11(15)9-12(13)17-14(18)5-3-4-8-16/h6-7,9-10H,3-5,8H2,1-2H3. The molecule has 18 heavy (non-hydrogen) atoms. The fourth-order valence-corrected chi connectivity index (χ4v) is 2.79. The summed E-state index contributed by atoms with van der Waals surface area (Å²) in [5.74, 6) is 1.90. The maximum Gasteiger partial charge on any atom is 0.110 e. The molecule has 0 aliphatic carbocycles. The quantitative estimate of drug-likeness (QED) is 0.561. The molecule has 0 atom stereocenters. The molecule has 1 heterocycles. The van der Waals surface area contributed by atoms with Crippen molar-refractivity contribution in [2.45, 2.75) is 39.2 Å². The number of hydrogen-bond donors (Lipinski definition) is 0. The summed E-state index contributed by atoms with van der Waals surface area (Å²) in [6.07, 6.45) is 3.14. The van der Waals surface area contributed by atoms with Crippen molar-refractivity contribution in [2.75, 3.05) is 5.88 Å². The molecule has 2 aromatic rings. The van der Waals surface area contributed by atoms with Gasteiger partial charge in [-0.25, -0.2) is 4.98 Å². The normalized spacial score (nSPS) is 11.6. The molecule has 2 nitrogen and oxygen atoms in total. The van der Waals surface area contributed by atoms with E-state index in [1.54, 1.807) is 0 Å². The Morgan fingerprint density at radius 3 is 2.78 bits per heavy atom. The van der Waals surface area contributed by atoms with Gasteiger partial charge in [0.25, 0.3) is 0 Å². The van der Waals surface area contributed by atoms with Crippen LogP contribution in [-0.2, 0) is 6.42 Å². The minimum absolute atomic E-state index is 0.433. The summed E-state index contributed by atoms with van der Waals surface area (Å²) in [5.41, 5.74) is 2.29. The van der Waals surface area contributed by atoms with E-state index >= 15 is 0 Å². The van der Waals surface area contributed by atoms with E-state index in [1.165, 1.54) is 11.3 Å². The van der Waals surface area contributed by atoms with Crippen molar-refractivity contribution >= 4 is 38.6 Å². The molecular formula is C14H18BrClN2. The zero-order chi connectivity index (χ0) is 13.1. The minimum atomic E-state index is 0.433. The second-order valence-corrected chi connectivity index (χ2v) is 6.06. The summed E-state index contributed by atoms with van der Waals surface area (Å²) in [4.78, 5) is 4.76. The van der Waals surface area contributed by atoms with Gasteiger partial charge in [0.05, 0.1) is 11.0 Å². The Balaban J connectivity index is 2.41. The van der Waals surface area contributed by atoms with Gasteiger partial charge in [-0.1, -0.05) is 15.9 Å². The molecule has 1 aromatic carbocycles. The van der Waals surface area contributed by atoms with Gasteiger partial charge in [-0.3, -0.25) is 0 Å². The van der Waals surface area contributed by atoms with E-state index in [2.05, 4.69) is 52.5 Å². The topological polar surface area (TPSA) is 17.8 Å². The van der Waals surface area contributed by atoms with Crippen molar-refractivity contribution in [3.63, 3.8) is 0 Å².